The molecule has 5 atom stereocenters. The van der Waals surface area contributed by atoms with Gasteiger partial charge in [0, 0.05) is 49.4 Å². The van der Waals surface area contributed by atoms with E-state index >= 15 is 4.79 Å². The van der Waals surface area contributed by atoms with Crippen molar-refractivity contribution in [1.82, 2.24) is 24.5 Å². The number of carbonyl (C=O) groups excluding carboxylic acids is 4. The van der Waals surface area contributed by atoms with Crippen LogP contribution in [0.1, 0.15) is 74.4 Å². The highest BCUT2D eigenvalue weighted by atomic mass is 32.2. The van der Waals surface area contributed by atoms with E-state index in [0.717, 1.165) is 17.7 Å². The van der Waals surface area contributed by atoms with Crippen molar-refractivity contribution in [1.29, 1.82) is 0 Å². The standard InChI is InChI=1S/C48H50F3N5O8S/c1-7-30-24-47(30,45(60)54-65(61,62)33-19-20-33)25-37(57)36-23-32(26-56(36)44(59)35(46(2,3)4)22-27-11-10-12-29(21-27)43(58)55(5)6)63-42-40-39(34-13-8-9-14-38(34)64-40)52-41(53-42)28-15-17-31(18-16-28)48(49,50)51/h7-18,21,30,32-33,35-36H,1,19-20,22-26H2,2-6H3,(H,54,60)/t30-,32-,35-,36+,47-/m1/s1. The number of nitrogens with zero attached hydrogens (tertiary/aromatic N) is 4. The zero-order valence-corrected chi connectivity index (χ0v) is 37.5. The number of para-hydroxylation sites is 1. The molecule has 2 aromatic heterocycles. The average Bonchev–Trinajstić information content (AvgIpc) is 4.16. The van der Waals surface area contributed by atoms with E-state index in [0.29, 0.717) is 34.9 Å². The summed E-state index contributed by atoms with van der Waals surface area (Å²) in [5.74, 6) is -3.05. The van der Waals surface area contributed by atoms with Crippen LogP contribution in [0.2, 0.25) is 0 Å². The minimum atomic E-state index is -4.57. The van der Waals surface area contributed by atoms with Crippen LogP contribution in [0, 0.1) is 22.7 Å². The van der Waals surface area contributed by atoms with Gasteiger partial charge < -0.3 is 19.0 Å². The molecule has 1 aliphatic heterocycles. The smallest absolute Gasteiger partial charge is 0.416 e. The zero-order chi connectivity index (χ0) is 46.8. The number of rotatable bonds is 14. The van der Waals surface area contributed by atoms with Gasteiger partial charge in [-0.2, -0.15) is 18.2 Å². The number of hydrogen-bond acceptors (Lipinski definition) is 10. The maximum atomic E-state index is 15.2. The summed E-state index contributed by atoms with van der Waals surface area (Å²) in [6.07, 6.45) is -3.07. The number of amides is 3. The van der Waals surface area contributed by atoms with E-state index in [2.05, 4.69) is 21.3 Å². The first-order valence-corrected chi connectivity index (χ1v) is 23.0. The van der Waals surface area contributed by atoms with Crippen LogP contribution in [-0.4, -0.2) is 89.7 Å². The molecule has 2 aliphatic carbocycles. The molecule has 0 radical (unpaired) electrons. The third-order valence-corrected chi connectivity index (χ3v) is 14.6. The van der Waals surface area contributed by atoms with Crippen molar-refractivity contribution < 1.29 is 49.9 Å². The molecule has 3 aliphatic rings. The Kier molecular flexibility index (Phi) is 11.7. The normalized spacial score (nSPS) is 21.5. The van der Waals surface area contributed by atoms with Crippen LogP contribution in [0.15, 0.2) is 89.9 Å². The van der Waals surface area contributed by atoms with Gasteiger partial charge in [-0.1, -0.05) is 63.2 Å². The topological polar surface area (TPSA) is 169 Å². The number of nitrogens with one attached hydrogen (secondary N) is 1. The Morgan fingerprint density at radius 1 is 1.02 bits per heavy atom. The van der Waals surface area contributed by atoms with Crippen molar-refractivity contribution >= 4 is 55.6 Å². The number of benzene rings is 3. The second-order valence-corrected chi connectivity index (χ2v) is 20.7. The van der Waals surface area contributed by atoms with E-state index in [1.807, 2.05) is 26.8 Å². The third kappa shape index (κ3) is 9.11. The van der Waals surface area contributed by atoms with Crippen LogP contribution in [0.4, 0.5) is 13.2 Å². The summed E-state index contributed by atoms with van der Waals surface area (Å²) in [6.45, 7) is 9.45. The van der Waals surface area contributed by atoms with Crippen molar-refractivity contribution in [2.75, 3.05) is 20.6 Å². The molecule has 1 saturated heterocycles. The van der Waals surface area contributed by atoms with Crippen molar-refractivity contribution in [2.24, 2.45) is 22.7 Å². The van der Waals surface area contributed by atoms with Gasteiger partial charge in [0.25, 0.3) is 11.8 Å². The molecule has 17 heteroatoms. The largest absolute Gasteiger partial charge is 0.470 e. The summed E-state index contributed by atoms with van der Waals surface area (Å²) < 4.78 is 81.4. The second kappa shape index (κ2) is 16.7. The van der Waals surface area contributed by atoms with Gasteiger partial charge in [0.2, 0.25) is 27.4 Å². The van der Waals surface area contributed by atoms with Crippen LogP contribution in [-0.2, 0) is 37.0 Å². The lowest BCUT2D eigenvalue weighted by atomic mass is 9.76. The number of allylic oxidation sites excluding steroid dienone is 1. The first-order valence-electron chi connectivity index (χ1n) is 21.5. The summed E-state index contributed by atoms with van der Waals surface area (Å²) >= 11 is 0. The fourth-order valence-corrected chi connectivity index (χ4v) is 10.2. The lowest BCUT2D eigenvalue weighted by Crippen LogP contribution is -2.48. The Balaban J connectivity index is 1.16. The van der Waals surface area contributed by atoms with Gasteiger partial charge in [-0.3, -0.25) is 23.9 Å². The number of fused-ring (bicyclic) bond motifs is 3. The monoisotopic (exact) mass is 913 g/mol. The van der Waals surface area contributed by atoms with Gasteiger partial charge in [-0.25, -0.2) is 13.4 Å². The highest BCUT2D eigenvalue weighted by Crippen LogP contribution is 2.57. The predicted octanol–water partition coefficient (Wildman–Crippen LogP) is 7.78. The maximum absolute atomic E-state index is 15.2. The maximum Gasteiger partial charge on any atom is 0.416 e. The van der Waals surface area contributed by atoms with E-state index in [4.69, 9.17) is 9.15 Å². The lowest BCUT2D eigenvalue weighted by molar-refractivity contribution is -0.144. The molecule has 8 rings (SSSR count). The van der Waals surface area contributed by atoms with Crippen molar-refractivity contribution in [3.63, 3.8) is 0 Å². The van der Waals surface area contributed by atoms with E-state index in [1.54, 1.807) is 56.6 Å². The molecule has 0 unspecified atom stereocenters. The lowest BCUT2D eigenvalue weighted by Gasteiger charge is -2.35. The number of alkyl halides is 3. The Labute approximate surface area is 374 Å². The van der Waals surface area contributed by atoms with E-state index in [1.165, 1.54) is 28.0 Å². The van der Waals surface area contributed by atoms with Crippen LogP contribution in [0.5, 0.6) is 5.88 Å². The number of likely N-dealkylation sites (tertiary alicyclic amines) is 1. The molecule has 65 heavy (non-hydrogen) atoms. The first-order chi connectivity index (χ1) is 30.6. The zero-order valence-electron chi connectivity index (χ0n) is 36.6. The molecule has 342 valence electrons. The number of sulfonamides is 1. The highest BCUT2D eigenvalue weighted by molar-refractivity contribution is 7.90. The van der Waals surface area contributed by atoms with E-state index in [9.17, 15) is 36.0 Å². The van der Waals surface area contributed by atoms with Gasteiger partial charge in [0.05, 0.1) is 28.8 Å². The molecule has 3 amide bonds. The molecule has 3 fully saturated rings. The van der Waals surface area contributed by atoms with Crippen molar-refractivity contribution in [2.45, 2.75) is 82.9 Å². The molecule has 0 spiro atoms. The SMILES string of the molecule is C=C[C@@H]1C[C@]1(CC(=O)[C@@H]1C[C@@H](Oc2nc(-c3ccc(C(F)(F)F)cc3)nc3c2oc2ccccc23)CN1C(=O)[C@@H](Cc1cccc(C(=O)N(C)C)c1)C(C)(C)C)C(=O)NS(=O)(=O)C1CC1. The van der Waals surface area contributed by atoms with Gasteiger partial charge in [0.15, 0.2) is 11.6 Å². The summed E-state index contributed by atoms with van der Waals surface area (Å²) in [6, 6.07) is 17.3. The molecular formula is C48H50F3N5O8S. The Bertz CT molecular complexity index is 2830. The number of hydrogen-bond donors (Lipinski definition) is 1. The van der Waals surface area contributed by atoms with E-state index < -0.39 is 73.5 Å². The summed E-state index contributed by atoms with van der Waals surface area (Å²) in [4.78, 5) is 68.9. The highest BCUT2D eigenvalue weighted by Gasteiger charge is 2.61. The number of carbonyl (C=O) groups is 4. The second-order valence-electron chi connectivity index (χ2n) is 18.7. The molecular weight excluding hydrogens is 864 g/mol. The quantitative estimate of drug-likeness (QED) is 0.109. The van der Waals surface area contributed by atoms with Crippen LogP contribution in [0.25, 0.3) is 33.5 Å². The molecule has 13 nitrogen and oxygen atoms in total. The van der Waals surface area contributed by atoms with Gasteiger partial charge >= 0.3 is 6.18 Å². The Morgan fingerprint density at radius 3 is 2.35 bits per heavy atom. The molecule has 2 saturated carbocycles. The fraction of sp³-hybridized carbons (Fsp3) is 0.417. The summed E-state index contributed by atoms with van der Waals surface area (Å²) in [7, 11) is -0.644. The third-order valence-electron chi connectivity index (χ3n) is 12.8. The summed E-state index contributed by atoms with van der Waals surface area (Å²) in [5.41, 5.74) is -0.543. The van der Waals surface area contributed by atoms with Gasteiger partial charge in [0.1, 0.15) is 17.2 Å². The Hall–Kier alpha value is -6.10. The summed E-state index contributed by atoms with van der Waals surface area (Å²) in [5, 5.41) is -0.0751. The molecule has 3 aromatic carbocycles. The Morgan fingerprint density at radius 2 is 1.72 bits per heavy atom. The van der Waals surface area contributed by atoms with Crippen molar-refractivity contribution in [3.8, 4) is 17.3 Å². The molecule has 5 aromatic rings. The fourth-order valence-electron chi connectivity index (χ4n) is 8.77. The number of ketones is 1. The molecule has 1 N–H and O–H groups in total. The number of ether oxygens (including phenoxy) is 1. The number of aromatic nitrogens is 2. The van der Waals surface area contributed by atoms with Crippen LogP contribution >= 0.6 is 0 Å². The number of halogens is 3. The molecule has 3 heterocycles. The van der Waals surface area contributed by atoms with Gasteiger partial charge in [-0.05, 0) is 79.0 Å². The number of Topliss-reactive ketones (excluding diaryl/α,β-unsaturated/α-hetero) is 1. The molecule has 0 bridgehead atoms. The number of furan rings is 1. The van der Waals surface area contributed by atoms with E-state index in [-0.39, 0.29) is 66.9 Å². The minimum absolute atomic E-state index is 0.0485. The van der Waals surface area contributed by atoms with Crippen LogP contribution in [0.3, 0.4) is 0 Å². The van der Waals surface area contributed by atoms with Crippen molar-refractivity contribution in [3.05, 3.63) is 102 Å². The predicted molar refractivity (Wildman–Crippen MR) is 236 cm³/mol. The average molecular weight is 914 g/mol. The first kappa shape index (κ1) is 45.5. The van der Waals surface area contributed by atoms with Crippen LogP contribution < -0.4 is 9.46 Å². The minimum Gasteiger partial charge on any atom is -0.470 e. The van der Waals surface area contributed by atoms with Gasteiger partial charge in [-0.15, -0.1) is 6.58 Å².